The summed E-state index contributed by atoms with van der Waals surface area (Å²) in [4.78, 5) is 2.12. The summed E-state index contributed by atoms with van der Waals surface area (Å²) < 4.78 is 0. The molecule has 0 saturated heterocycles. The molecule has 10 heavy (non-hydrogen) atoms. The summed E-state index contributed by atoms with van der Waals surface area (Å²) in [6.45, 7) is 7.46. The number of nitrogens with zero attached hydrogens (tertiary/aromatic N) is 1. The largest absolute Gasteiger partial charge is 0.352 e. The van der Waals surface area contributed by atoms with Crippen molar-refractivity contribution in [3.63, 3.8) is 0 Å². The number of hydrogen-bond acceptors (Lipinski definition) is 1. The third kappa shape index (κ3) is 1.41. The first kappa shape index (κ1) is 7.39. The first-order valence-corrected chi connectivity index (χ1v) is 3.91. The van der Waals surface area contributed by atoms with Crippen LogP contribution < -0.4 is 0 Å². The monoisotopic (exact) mass is 137 g/mol. The van der Waals surface area contributed by atoms with Crippen molar-refractivity contribution in [2.45, 2.75) is 31.7 Å². The Labute approximate surface area is 63.0 Å². The minimum absolute atomic E-state index is 0.690. The molecule has 0 aromatic rings. The Morgan fingerprint density at radius 2 is 1.60 bits per heavy atom. The smallest absolute Gasteiger partial charge is 0.0330 e. The van der Waals surface area contributed by atoms with Gasteiger partial charge >= 0.3 is 0 Å². The zero-order valence-electron chi connectivity index (χ0n) is 6.42. The van der Waals surface area contributed by atoms with Crippen molar-refractivity contribution < 1.29 is 0 Å². The molecular formula is C9H15N. The van der Waals surface area contributed by atoms with Crippen LogP contribution in [0.3, 0.4) is 0 Å². The van der Waals surface area contributed by atoms with Gasteiger partial charge in [0.25, 0.3) is 0 Å². The standard InChI is InChI=1S/C9H15N/c1-3-10(4-2)9-7-5-6-8-9/h3-4,9H,1-2,5-8H2. The molecule has 0 aliphatic heterocycles. The van der Waals surface area contributed by atoms with E-state index in [4.69, 9.17) is 0 Å². The van der Waals surface area contributed by atoms with Crippen molar-refractivity contribution in [2.24, 2.45) is 0 Å². The van der Waals surface area contributed by atoms with E-state index in [0.717, 1.165) is 0 Å². The zero-order chi connectivity index (χ0) is 7.40. The highest BCUT2D eigenvalue weighted by molar-refractivity contribution is 4.89. The first-order valence-electron chi connectivity index (χ1n) is 3.91. The van der Waals surface area contributed by atoms with Crippen molar-refractivity contribution in [1.29, 1.82) is 0 Å². The summed E-state index contributed by atoms with van der Waals surface area (Å²) in [5, 5.41) is 0. The third-order valence-corrected chi connectivity index (χ3v) is 2.17. The predicted molar refractivity (Wildman–Crippen MR) is 44.5 cm³/mol. The second kappa shape index (κ2) is 3.45. The average Bonchev–Trinajstić information content (AvgIpc) is 2.43. The van der Waals surface area contributed by atoms with Crippen LogP contribution >= 0.6 is 0 Å². The topological polar surface area (TPSA) is 3.24 Å². The number of hydrogen-bond donors (Lipinski definition) is 0. The van der Waals surface area contributed by atoms with E-state index in [-0.39, 0.29) is 0 Å². The molecule has 0 unspecified atom stereocenters. The van der Waals surface area contributed by atoms with Crippen LogP contribution in [0.25, 0.3) is 0 Å². The molecule has 1 aliphatic rings. The van der Waals surface area contributed by atoms with E-state index >= 15 is 0 Å². The highest BCUT2D eigenvalue weighted by atomic mass is 15.1. The summed E-state index contributed by atoms with van der Waals surface area (Å²) in [5.41, 5.74) is 0. The van der Waals surface area contributed by atoms with Gasteiger partial charge in [-0.2, -0.15) is 0 Å². The van der Waals surface area contributed by atoms with Crippen LogP contribution in [-0.2, 0) is 0 Å². The van der Waals surface area contributed by atoms with Gasteiger partial charge < -0.3 is 4.90 Å². The van der Waals surface area contributed by atoms with Gasteiger partial charge in [-0.25, -0.2) is 0 Å². The van der Waals surface area contributed by atoms with Crippen LogP contribution in [0.1, 0.15) is 25.7 Å². The summed E-state index contributed by atoms with van der Waals surface area (Å²) in [6, 6.07) is 0.690. The van der Waals surface area contributed by atoms with Crippen LogP contribution in [0.15, 0.2) is 25.6 Å². The van der Waals surface area contributed by atoms with E-state index < -0.39 is 0 Å². The van der Waals surface area contributed by atoms with Gasteiger partial charge in [-0.3, -0.25) is 0 Å². The lowest BCUT2D eigenvalue weighted by Gasteiger charge is -2.21. The van der Waals surface area contributed by atoms with Gasteiger partial charge in [0.2, 0.25) is 0 Å². The molecule has 1 heteroatoms. The van der Waals surface area contributed by atoms with Gasteiger partial charge in [0.05, 0.1) is 0 Å². The van der Waals surface area contributed by atoms with Gasteiger partial charge in [-0.05, 0) is 25.2 Å². The molecule has 0 amide bonds. The molecule has 0 aromatic carbocycles. The predicted octanol–water partition coefficient (Wildman–Crippen LogP) is 2.52. The van der Waals surface area contributed by atoms with Gasteiger partial charge in [-0.1, -0.05) is 26.0 Å². The Hall–Kier alpha value is -0.720. The molecule has 1 nitrogen and oxygen atoms in total. The molecule has 56 valence electrons. The van der Waals surface area contributed by atoms with Crippen LogP contribution in [0, 0.1) is 0 Å². The van der Waals surface area contributed by atoms with Gasteiger partial charge in [0, 0.05) is 6.04 Å². The van der Waals surface area contributed by atoms with Crippen molar-refractivity contribution in [3.8, 4) is 0 Å². The fourth-order valence-corrected chi connectivity index (χ4v) is 1.58. The van der Waals surface area contributed by atoms with Crippen molar-refractivity contribution in [3.05, 3.63) is 25.6 Å². The molecule has 0 heterocycles. The lowest BCUT2D eigenvalue weighted by molar-refractivity contribution is 0.373. The fourth-order valence-electron chi connectivity index (χ4n) is 1.58. The van der Waals surface area contributed by atoms with Crippen LogP contribution in [0.4, 0.5) is 0 Å². The zero-order valence-corrected chi connectivity index (χ0v) is 6.42. The van der Waals surface area contributed by atoms with E-state index in [1.54, 1.807) is 0 Å². The molecular weight excluding hydrogens is 122 g/mol. The van der Waals surface area contributed by atoms with Crippen LogP contribution in [-0.4, -0.2) is 10.9 Å². The summed E-state index contributed by atoms with van der Waals surface area (Å²) >= 11 is 0. The molecule has 0 radical (unpaired) electrons. The van der Waals surface area contributed by atoms with Gasteiger partial charge in [0.15, 0.2) is 0 Å². The maximum Gasteiger partial charge on any atom is 0.0330 e. The van der Waals surface area contributed by atoms with Gasteiger partial charge in [-0.15, -0.1) is 0 Å². The van der Waals surface area contributed by atoms with Crippen LogP contribution in [0.2, 0.25) is 0 Å². The Morgan fingerprint density at radius 3 is 2.00 bits per heavy atom. The molecule has 0 atom stereocenters. The molecule has 0 spiro atoms. The lowest BCUT2D eigenvalue weighted by atomic mass is 10.2. The summed E-state index contributed by atoms with van der Waals surface area (Å²) in [6.07, 6.45) is 9.06. The molecule has 1 saturated carbocycles. The molecule has 1 fully saturated rings. The van der Waals surface area contributed by atoms with Crippen LogP contribution in [0.5, 0.6) is 0 Å². The first-order chi connectivity index (χ1) is 4.88. The fraction of sp³-hybridized carbons (Fsp3) is 0.556. The van der Waals surface area contributed by atoms with E-state index in [1.165, 1.54) is 25.7 Å². The lowest BCUT2D eigenvalue weighted by Crippen LogP contribution is -2.21. The quantitative estimate of drug-likeness (QED) is 0.577. The van der Waals surface area contributed by atoms with Crippen molar-refractivity contribution >= 4 is 0 Å². The second-order valence-electron chi connectivity index (χ2n) is 2.75. The van der Waals surface area contributed by atoms with E-state index in [2.05, 4.69) is 18.1 Å². The Kier molecular flexibility index (Phi) is 2.55. The van der Waals surface area contributed by atoms with E-state index in [1.807, 2.05) is 12.4 Å². The van der Waals surface area contributed by atoms with Gasteiger partial charge in [0.1, 0.15) is 0 Å². The third-order valence-electron chi connectivity index (χ3n) is 2.17. The summed E-state index contributed by atoms with van der Waals surface area (Å²) in [7, 11) is 0. The maximum atomic E-state index is 3.73. The van der Waals surface area contributed by atoms with Crippen molar-refractivity contribution in [2.75, 3.05) is 0 Å². The average molecular weight is 137 g/mol. The van der Waals surface area contributed by atoms with Crippen molar-refractivity contribution in [1.82, 2.24) is 4.90 Å². The molecule has 0 aromatic heterocycles. The molecule has 0 bridgehead atoms. The summed E-state index contributed by atoms with van der Waals surface area (Å²) in [5.74, 6) is 0. The second-order valence-corrected chi connectivity index (χ2v) is 2.75. The highest BCUT2D eigenvalue weighted by Crippen LogP contribution is 2.23. The Balaban J connectivity index is 2.43. The van der Waals surface area contributed by atoms with E-state index in [9.17, 15) is 0 Å². The SMILES string of the molecule is C=CN(C=C)C1CCCC1. The minimum atomic E-state index is 0.690. The van der Waals surface area contributed by atoms with E-state index in [0.29, 0.717) is 6.04 Å². The maximum absolute atomic E-state index is 3.73. The Bertz CT molecular complexity index is 115. The normalized spacial score (nSPS) is 18.8. The number of rotatable bonds is 3. The molecule has 1 aliphatic carbocycles. The molecule has 1 rings (SSSR count). The highest BCUT2D eigenvalue weighted by Gasteiger charge is 2.17. The molecule has 0 N–H and O–H groups in total. The minimum Gasteiger partial charge on any atom is -0.352 e. The Morgan fingerprint density at radius 1 is 1.10 bits per heavy atom.